The zero-order valence-electron chi connectivity index (χ0n) is 7.93. The maximum absolute atomic E-state index is 10.7. The fraction of sp³-hybridized carbons (Fsp3) is 0.333. The molecule has 0 aliphatic carbocycles. The van der Waals surface area contributed by atoms with Crippen molar-refractivity contribution in [3.8, 4) is 0 Å². The molecule has 14 heavy (non-hydrogen) atoms. The van der Waals surface area contributed by atoms with E-state index in [0.29, 0.717) is 10.5 Å². The molecule has 0 amide bonds. The van der Waals surface area contributed by atoms with Gasteiger partial charge in [0.1, 0.15) is 0 Å². The second kappa shape index (κ2) is 4.43. The summed E-state index contributed by atoms with van der Waals surface area (Å²) in [5, 5.41) is 19.9. The number of hydrogen-bond acceptors (Lipinski definition) is 4. The van der Waals surface area contributed by atoms with Crippen LogP contribution in [-0.4, -0.2) is 16.3 Å². The van der Waals surface area contributed by atoms with E-state index in [1.54, 1.807) is 25.3 Å². The van der Waals surface area contributed by atoms with Gasteiger partial charge in [0.2, 0.25) is 0 Å². The monoisotopic (exact) mass is 213 g/mol. The highest BCUT2D eigenvalue weighted by Gasteiger charge is 2.15. The molecule has 0 saturated heterocycles. The average molecular weight is 213 g/mol. The second-order valence-electron chi connectivity index (χ2n) is 2.86. The third kappa shape index (κ3) is 2.24. The second-order valence-corrected chi connectivity index (χ2v) is 3.71. The van der Waals surface area contributed by atoms with Crippen molar-refractivity contribution >= 4 is 17.4 Å². The summed E-state index contributed by atoms with van der Waals surface area (Å²) in [6.07, 6.45) is 1.11. The molecule has 0 radical (unpaired) electrons. The van der Waals surface area contributed by atoms with Gasteiger partial charge in [-0.3, -0.25) is 10.1 Å². The summed E-state index contributed by atoms with van der Waals surface area (Å²) < 4.78 is 0. The molecule has 1 aromatic rings. The van der Waals surface area contributed by atoms with E-state index in [2.05, 4.69) is 0 Å². The topological polar surface area (TPSA) is 63.4 Å². The predicted octanol–water partition coefficient (Wildman–Crippen LogP) is 2.37. The Hall–Kier alpha value is -1.07. The van der Waals surface area contributed by atoms with E-state index in [4.69, 9.17) is 0 Å². The molecular weight excluding hydrogens is 202 g/mol. The van der Waals surface area contributed by atoms with Crippen molar-refractivity contribution in [1.82, 2.24) is 0 Å². The molecule has 0 aliphatic heterocycles. The summed E-state index contributed by atoms with van der Waals surface area (Å²) in [7, 11) is 0. The molecule has 0 saturated carbocycles. The lowest BCUT2D eigenvalue weighted by Gasteiger charge is -2.05. The third-order valence-corrected chi connectivity index (χ3v) is 2.67. The first-order valence-corrected chi connectivity index (χ1v) is 5.29. The van der Waals surface area contributed by atoms with E-state index in [9.17, 15) is 15.2 Å². The lowest BCUT2D eigenvalue weighted by molar-refractivity contribution is -0.387. The number of nitrogens with zero attached hydrogens (tertiary/aromatic N) is 1. The Kier molecular flexibility index (Phi) is 3.49. The molecule has 1 rings (SSSR count). The van der Waals surface area contributed by atoms with Gasteiger partial charge in [0.15, 0.2) is 0 Å². The van der Waals surface area contributed by atoms with E-state index in [1.807, 2.05) is 0 Å². The van der Waals surface area contributed by atoms with Gasteiger partial charge < -0.3 is 5.11 Å². The quantitative estimate of drug-likeness (QED) is 0.475. The van der Waals surface area contributed by atoms with Crippen molar-refractivity contribution in [2.24, 2.45) is 0 Å². The predicted molar refractivity (Wildman–Crippen MR) is 55.5 cm³/mol. The Morgan fingerprint density at radius 3 is 2.64 bits per heavy atom. The first-order chi connectivity index (χ1) is 6.56. The number of hydrogen-bond donors (Lipinski definition) is 1. The normalized spacial score (nSPS) is 12.5. The average Bonchev–Trinajstić information content (AvgIpc) is 2.16. The molecule has 1 aromatic carbocycles. The molecule has 4 nitrogen and oxygen atoms in total. The van der Waals surface area contributed by atoms with Crippen LogP contribution < -0.4 is 0 Å². The molecule has 0 bridgehead atoms. The van der Waals surface area contributed by atoms with Gasteiger partial charge in [-0.2, -0.15) is 0 Å². The van der Waals surface area contributed by atoms with Crippen LogP contribution >= 0.6 is 11.8 Å². The zero-order valence-corrected chi connectivity index (χ0v) is 8.75. The molecule has 76 valence electrons. The number of nitro benzene ring substituents is 1. The maximum Gasteiger partial charge on any atom is 0.283 e. The van der Waals surface area contributed by atoms with Crippen LogP contribution in [0, 0.1) is 10.1 Å². The molecule has 0 unspecified atom stereocenters. The van der Waals surface area contributed by atoms with E-state index in [1.165, 1.54) is 17.8 Å². The number of thioether (sulfide) groups is 1. The van der Waals surface area contributed by atoms with Gasteiger partial charge >= 0.3 is 0 Å². The van der Waals surface area contributed by atoms with E-state index in [-0.39, 0.29) is 5.69 Å². The summed E-state index contributed by atoms with van der Waals surface area (Å²) in [6.45, 7) is 1.58. The van der Waals surface area contributed by atoms with Crippen LogP contribution in [-0.2, 0) is 0 Å². The Labute approximate surface area is 86.1 Å². The van der Waals surface area contributed by atoms with Crippen LogP contribution in [0.25, 0.3) is 0 Å². The smallest absolute Gasteiger partial charge is 0.283 e. The highest BCUT2D eigenvalue weighted by atomic mass is 32.2. The number of aliphatic hydroxyl groups excluding tert-OH is 1. The fourth-order valence-electron chi connectivity index (χ4n) is 1.11. The third-order valence-electron chi connectivity index (χ3n) is 1.88. The van der Waals surface area contributed by atoms with Crippen LogP contribution in [0.1, 0.15) is 18.6 Å². The summed E-state index contributed by atoms with van der Waals surface area (Å²) in [5.74, 6) is 0. The maximum atomic E-state index is 10.7. The van der Waals surface area contributed by atoms with Crippen molar-refractivity contribution < 1.29 is 10.0 Å². The van der Waals surface area contributed by atoms with Crippen LogP contribution in [0.5, 0.6) is 0 Å². The van der Waals surface area contributed by atoms with Crippen molar-refractivity contribution in [1.29, 1.82) is 0 Å². The minimum atomic E-state index is -0.676. The molecule has 0 heterocycles. The van der Waals surface area contributed by atoms with Crippen molar-refractivity contribution in [3.63, 3.8) is 0 Å². The Bertz CT molecular complexity index is 352. The van der Waals surface area contributed by atoms with Gasteiger partial charge in [0.25, 0.3) is 5.69 Å². The van der Waals surface area contributed by atoms with Gasteiger partial charge in [-0.15, -0.1) is 11.8 Å². The van der Waals surface area contributed by atoms with Crippen molar-refractivity contribution in [2.75, 3.05) is 6.26 Å². The van der Waals surface area contributed by atoms with Gasteiger partial charge in [0.05, 0.1) is 15.9 Å². The molecular formula is C9H11NO3S. The SMILES string of the molecule is CSc1ccc([C@@H](C)O)cc1[N+](=O)[O-]. The molecule has 0 spiro atoms. The molecule has 0 aromatic heterocycles. The minimum Gasteiger partial charge on any atom is -0.389 e. The number of rotatable bonds is 3. The van der Waals surface area contributed by atoms with Gasteiger partial charge in [-0.05, 0) is 24.8 Å². The largest absolute Gasteiger partial charge is 0.389 e. The number of aliphatic hydroxyl groups is 1. The molecule has 1 atom stereocenters. The van der Waals surface area contributed by atoms with Gasteiger partial charge in [-0.1, -0.05) is 6.07 Å². The Morgan fingerprint density at radius 1 is 1.57 bits per heavy atom. The van der Waals surface area contributed by atoms with E-state index >= 15 is 0 Å². The minimum absolute atomic E-state index is 0.0518. The highest BCUT2D eigenvalue weighted by molar-refractivity contribution is 7.98. The fourth-order valence-corrected chi connectivity index (χ4v) is 1.66. The van der Waals surface area contributed by atoms with E-state index in [0.717, 1.165) is 0 Å². The van der Waals surface area contributed by atoms with Crippen LogP contribution in [0.2, 0.25) is 0 Å². The summed E-state index contributed by atoms with van der Waals surface area (Å²) >= 11 is 1.32. The summed E-state index contributed by atoms with van der Waals surface area (Å²) in [4.78, 5) is 10.8. The van der Waals surface area contributed by atoms with Gasteiger partial charge in [0, 0.05) is 6.07 Å². The first-order valence-electron chi connectivity index (χ1n) is 4.06. The first kappa shape index (κ1) is 11.0. The summed E-state index contributed by atoms with van der Waals surface area (Å²) in [5.41, 5.74) is 0.616. The van der Waals surface area contributed by atoms with E-state index < -0.39 is 11.0 Å². The highest BCUT2D eigenvalue weighted by Crippen LogP contribution is 2.29. The van der Waals surface area contributed by atoms with Crippen molar-refractivity contribution in [3.05, 3.63) is 33.9 Å². The Morgan fingerprint density at radius 2 is 2.21 bits per heavy atom. The number of benzene rings is 1. The summed E-state index contributed by atoms with van der Waals surface area (Å²) in [6, 6.07) is 4.77. The molecule has 1 N–H and O–H groups in total. The molecule has 0 fully saturated rings. The van der Waals surface area contributed by atoms with Crippen LogP contribution in [0.3, 0.4) is 0 Å². The Balaban J connectivity index is 3.21. The van der Waals surface area contributed by atoms with Crippen LogP contribution in [0.4, 0.5) is 5.69 Å². The lowest BCUT2D eigenvalue weighted by Crippen LogP contribution is -1.95. The number of nitro groups is 1. The standard InChI is InChI=1S/C9H11NO3S/c1-6(11)7-3-4-9(14-2)8(5-7)10(12)13/h3-6,11H,1-2H3/t6-/m1/s1. The molecule has 0 aliphatic rings. The van der Waals surface area contributed by atoms with Crippen molar-refractivity contribution in [2.45, 2.75) is 17.9 Å². The lowest BCUT2D eigenvalue weighted by atomic mass is 10.1. The van der Waals surface area contributed by atoms with Crippen LogP contribution in [0.15, 0.2) is 23.1 Å². The zero-order chi connectivity index (χ0) is 10.7. The molecule has 5 heteroatoms. The van der Waals surface area contributed by atoms with Gasteiger partial charge in [-0.25, -0.2) is 0 Å².